The second-order valence-electron chi connectivity index (χ2n) is 12.8. The van der Waals surface area contributed by atoms with Crippen LogP contribution in [-0.2, 0) is 10.8 Å². The van der Waals surface area contributed by atoms with Crippen molar-refractivity contribution in [2.24, 2.45) is 0 Å². The molecule has 1 amide bonds. The van der Waals surface area contributed by atoms with Gasteiger partial charge in [-0.05, 0) is 63.5 Å². The molecule has 1 aromatic carbocycles. The number of nitrogens with zero attached hydrogens (tertiary/aromatic N) is 5. The SMILES string of the molecule is CC1NC(=O)c2ccc(Nc3cc(N[C@H](CO)c4ccccc4)c(-c4nc(C56CCN(CC5)CC6)no4)cn3)nc2C1(C)C. The van der Waals surface area contributed by atoms with Crippen LogP contribution >= 0.6 is 0 Å². The highest BCUT2D eigenvalue weighted by molar-refractivity contribution is 5.97. The molecule has 3 saturated heterocycles. The summed E-state index contributed by atoms with van der Waals surface area (Å²) < 4.78 is 5.89. The predicted molar refractivity (Wildman–Crippen MR) is 167 cm³/mol. The van der Waals surface area contributed by atoms with Gasteiger partial charge in [0, 0.05) is 29.1 Å². The molecule has 4 N–H and O–H groups in total. The molecule has 8 rings (SSSR count). The highest BCUT2D eigenvalue weighted by Gasteiger charge is 2.44. The lowest BCUT2D eigenvalue weighted by atomic mass is 9.71. The normalized spacial score (nSPS) is 24.3. The second kappa shape index (κ2) is 11.0. The molecular weight excluding hydrogens is 556 g/mol. The summed E-state index contributed by atoms with van der Waals surface area (Å²) in [6.07, 6.45) is 4.80. The summed E-state index contributed by atoms with van der Waals surface area (Å²) in [6, 6.07) is 14.8. The first kappa shape index (κ1) is 28.4. The van der Waals surface area contributed by atoms with E-state index in [1.807, 2.05) is 43.3 Å². The lowest BCUT2D eigenvalue weighted by Gasteiger charge is -2.46. The third kappa shape index (κ3) is 4.99. The molecule has 4 aliphatic rings. The van der Waals surface area contributed by atoms with Crippen molar-refractivity contribution in [2.45, 2.75) is 62.9 Å². The van der Waals surface area contributed by atoms with Crippen LogP contribution in [0.1, 0.15) is 73.5 Å². The number of nitrogens with one attached hydrogen (secondary N) is 3. The highest BCUT2D eigenvalue weighted by Crippen LogP contribution is 2.42. The Bertz CT molecular complexity index is 1670. The molecule has 7 heterocycles. The van der Waals surface area contributed by atoms with Crippen LogP contribution in [0.4, 0.5) is 17.3 Å². The Balaban J connectivity index is 1.24. The summed E-state index contributed by atoms with van der Waals surface area (Å²) in [5, 5.41) is 24.7. The number of benzene rings is 1. The maximum Gasteiger partial charge on any atom is 0.261 e. The molecule has 1 unspecified atom stereocenters. The lowest BCUT2D eigenvalue weighted by Crippen LogP contribution is -2.51. The van der Waals surface area contributed by atoms with Gasteiger partial charge in [0.1, 0.15) is 11.6 Å². The van der Waals surface area contributed by atoms with Gasteiger partial charge in [-0.3, -0.25) is 4.79 Å². The average Bonchev–Trinajstić information content (AvgIpc) is 3.55. The van der Waals surface area contributed by atoms with Gasteiger partial charge in [0.25, 0.3) is 11.8 Å². The fraction of sp³-hybridized carbons (Fsp3) is 0.424. The highest BCUT2D eigenvalue weighted by atomic mass is 16.5. The molecule has 2 bridgehead atoms. The summed E-state index contributed by atoms with van der Waals surface area (Å²) >= 11 is 0. The summed E-state index contributed by atoms with van der Waals surface area (Å²) in [7, 11) is 0. The van der Waals surface area contributed by atoms with E-state index in [-0.39, 0.29) is 35.4 Å². The number of aromatic nitrogens is 4. The van der Waals surface area contributed by atoms with Crippen molar-refractivity contribution in [3.05, 3.63) is 77.4 Å². The van der Waals surface area contributed by atoms with Gasteiger partial charge in [0.05, 0.1) is 35.2 Å². The van der Waals surface area contributed by atoms with Crippen molar-refractivity contribution in [3.63, 3.8) is 0 Å². The quantitative estimate of drug-likeness (QED) is 0.229. The van der Waals surface area contributed by atoms with Crippen LogP contribution in [0.5, 0.6) is 0 Å². The van der Waals surface area contributed by atoms with Crippen LogP contribution in [0.2, 0.25) is 0 Å². The van der Waals surface area contributed by atoms with Gasteiger partial charge < -0.3 is 30.5 Å². The Morgan fingerprint density at radius 3 is 2.52 bits per heavy atom. The molecule has 0 aliphatic carbocycles. The molecule has 3 aromatic heterocycles. The zero-order valence-electron chi connectivity index (χ0n) is 25.3. The minimum absolute atomic E-state index is 0.0447. The van der Waals surface area contributed by atoms with Crippen LogP contribution in [-0.4, -0.2) is 68.3 Å². The van der Waals surface area contributed by atoms with E-state index >= 15 is 0 Å². The minimum Gasteiger partial charge on any atom is -0.394 e. The van der Waals surface area contributed by atoms with E-state index in [1.54, 1.807) is 18.3 Å². The number of anilines is 3. The number of amides is 1. The molecule has 4 aliphatic heterocycles. The Morgan fingerprint density at radius 2 is 1.80 bits per heavy atom. The summed E-state index contributed by atoms with van der Waals surface area (Å²) in [4.78, 5) is 29.6. The number of hydrogen-bond acceptors (Lipinski definition) is 10. The summed E-state index contributed by atoms with van der Waals surface area (Å²) in [5.74, 6) is 2.16. The first-order chi connectivity index (χ1) is 21.3. The maximum absolute atomic E-state index is 12.6. The van der Waals surface area contributed by atoms with Crippen LogP contribution in [0.25, 0.3) is 11.5 Å². The third-order valence-corrected chi connectivity index (χ3v) is 9.91. The smallest absolute Gasteiger partial charge is 0.261 e. The molecule has 3 fully saturated rings. The van der Waals surface area contributed by atoms with Gasteiger partial charge in [0.15, 0.2) is 5.82 Å². The standard InChI is InChI=1S/C33H38N8O3/c1-20-32(2,3)28-22(29(43)35-20)9-10-26(38-28)37-27-17-24(36-25(19-42)21-7-5-4-6-8-21)23(18-34-27)30-39-31(40-44-30)33-11-14-41(15-12-33)16-13-33/h4-10,17-18,20,25,42H,11-16,19H2,1-3H3,(H,35,43)(H2,34,36,37,38)/t20?,25-/m1/s1. The van der Waals surface area contributed by atoms with Crippen molar-refractivity contribution in [3.8, 4) is 11.5 Å². The largest absolute Gasteiger partial charge is 0.394 e. The number of fused-ring (bicyclic) bond motifs is 4. The predicted octanol–water partition coefficient (Wildman–Crippen LogP) is 4.56. The van der Waals surface area contributed by atoms with E-state index in [9.17, 15) is 9.90 Å². The van der Waals surface area contributed by atoms with Gasteiger partial charge in [-0.2, -0.15) is 4.98 Å². The number of carbonyl (C=O) groups excluding carboxylic acids is 1. The first-order valence-electron chi connectivity index (χ1n) is 15.3. The molecular formula is C33H38N8O3. The van der Waals surface area contributed by atoms with Crippen LogP contribution < -0.4 is 16.0 Å². The Kier molecular flexibility index (Phi) is 7.09. The molecule has 2 atom stereocenters. The molecule has 44 heavy (non-hydrogen) atoms. The van der Waals surface area contributed by atoms with E-state index in [4.69, 9.17) is 19.5 Å². The zero-order valence-corrected chi connectivity index (χ0v) is 25.3. The third-order valence-electron chi connectivity index (χ3n) is 9.91. The van der Waals surface area contributed by atoms with Crippen molar-refractivity contribution in [2.75, 3.05) is 36.9 Å². The van der Waals surface area contributed by atoms with E-state index < -0.39 is 0 Å². The number of hydrogen-bond donors (Lipinski definition) is 4. The molecule has 0 saturated carbocycles. The van der Waals surface area contributed by atoms with Gasteiger partial charge >= 0.3 is 0 Å². The van der Waals surface area contributed by atoms with Crippen molar-refractivity contribution < 1.29 is 14.4 Å². The summed E-state index contributed by atoms with van der Waals surface area (Å²) in [6.45, 7) is 9.21. The Morgan fingerprint density at radius 1 is 1.05 bits per heavy atom. The molecule has 0 spiro atoms. The van der Waals surface area contributed by atoms with E-state index in [0.717, 1.165) is 56.0 Å². The van der Waals surface area contributed by atoms with Crippen LogP contribution in [0, 0.1) is 0 Å². The van der Waals surface area contributed by atoms with Gasteiger partial charge in [-0.15, -0.1) is 0 Å². The number of rotatable bonds is 8. The Labute approximate surface area is 256 Å². The number of aliphatic hydroxyl groups is 1. The number of pyridine rings is 2. The van der Waals surface area contributed by atoms with Crippen molar-refractivity contribution in [1.82, 2.24) is 30.3 Å². The van der Waals surface area contributed by atoms with Crippen LogP contribution in [0.15, 0.2) is 59.3 Å². The number of carbonyl (C=O) groups is 1. The van der Waals surface area contributed by atoms with Crippen molar-refractivity contribution >= 4 is 23.2 Å². The van der Waals surface area contributed by atoms with E-state index in [0.29, 0.717) is 34.3 Å². The number of aliphatic hydroxyl groups excluding tert-OH is 1. The van der Waals surface area contributed by atoms with Crippen LogP contribution in [0.3, 0.4) is 0 Å². The lowest BCUT2D eigenvalue weighted by molar-refractivity contribution is 0.0747. The fourth-order valence-corrected chi connectivity index (χ4v) is 6.63. The minimum atomic E-state index is -0.378. The molecule has 228 valence electrons. The van der Waals surface area contributed by atoms with Crippen molar-refractivity contribution in [1.29, 1.82) is 0 Å². The van der Waals surface area contributed by atoms with Gasteiger partial charge in [-0.25, -0.2) is 9.97 Å². The van der Waals surface area contributed by atoms with Gasteiger partial charge in [-0.1, -0.05) is 49.3 Å². The Hall–Kier alpha value is -4.35. The second-order valence-corrected chi connectivity index (χ2v) is 12.8. The van der Waals surface area contributed by atoms with E-state index in [2.05, 4.69) is 39.9 Å². The van der Waals surface area contributed by atoms with E-state index in [1.165, 1.54) is 0 Å². The fourth-order valence-electron chi connectivity index (χ4n) is 6.63. The topological polar surface area (TPSA) is 141 Å². The molecule has 11 nitrogen and oxygen atoms in total. The average molecular weight is 595 g/mol. The first-order valence-corrected chi connectivity index (χ1v) is 15.3. The van der Waals surface area contributed by atoms with Gasteiger partial charge in [0.2, 0.25) is 0 Å². The maximum atomic E-state index is 12.6. The molecule has 11 heteroatoms. The monoisotopic (exact) mass is 594 g/mol. The molecule has 4 aromatic rings. The summed E-state index contributed by atoms with van der Waals surface area (Å²) in [5.41, 5.74) is 3.20. The number of piperidine rings is 3. The molecule has 0 radical (unpaired) electrons. The zero-order chi connectivity index (χ0) is 30.5.